The molecule has 4 rings (SSSR count). The zero-order chi connectivity index (χ0) is 18.5. The van der Waals surface area contributed by atoms with E-state index in [4.69, 9.17) is 4.74 Å². The van der Waals surface area contributed by atoms with E-state index in [2.05, 4.69) is 20.4 Å². The summed E-state index contributed by atoms with van der Waals surface area (Å²) in [4.78, 5) is 14.6. The van der Waals surface area contributed by atoms with Crippen LogP contribution in [0, 0.1) is 0 Å². The molecule has 1 aliphatic carbocycles. The lowest BCUT2D eigenvalue weighted by Crippen LogP contribution is -2.36. The highest BCUT2D eigenvalue weighted by molar-refractivity contribution is 5.94. The number of nitrogens with one attached hydrogen (secondary N) is 1. The van der Waals surface area contributed by atoms with Crippen LogP contribution in [0.3, 0.4) is 0 Å². The summed E-state index contributed by atoms with van der Waals surface area (Å²) in [5.41, 5.74) is 2.47. The first-order chi connectivity index (χ1) is 13.3. The number of ether oxygens (including phenoxy) is 1. The third kappa shape index (κ3) is 4.45. The minimum absolute atomic E-state index is 0.0159. The van der Waals surface area contributed by atoms with Crippen LogP contribution in [0.2, 0.25) is 0 Å². The van der Waals surface area contributed by atoms with Crippen molar-refractivity contribution in [3.63, 3.8) is 0 Å². The summed E-state index contributed by atoms with van der Waals surface area (Å²) in [5, 5.41) is 11.9. The van der Waals surface area contributed by atoms with Crippen LogP contribution < -0.4 is 10.2 Å². The lowest BCUT2D eigenvalue weighted by molar-refractivity contribution is 0.0927. The predicted octanol–water partition coefficient (Wildman–Crippen LogP) is 3.04. The number of carbonyl (C=O) groups is 1. The van der Waals surface area contributed by atoms with E-state index in [1.165, 1.54) is 19.3 Å². The van der Waals surface area contributed by atoms with Crippen LogP contribution in [-0.2, 0) is 4.74 Å². The molecule has 6 heteroatoms. The fourth-order valence-electron chi connectivity index (χ4n) is 3.75. The molecule has 0 spiro atoms. The summed E-state index contributed by atoms with van der Waals surface area (Å²) >= 11 is 0. The van der Waals surface area contributed by atoms with E-state index in [0.29, 0.717) is 11.6 Å². The Morgan fingerprint density at radius 2 is 1.70 bits per heavy atom. The monoisotopic (exact) mass is 366 g/mol. The minimum atomic E-state index is 0.0159. The zero-order valence-electron chi connectivity index (χ0n) is 15.6. The van der Waals surface area contributed by atoms with Crippen LogP contribution in [0.4, 0.5) is 5.82 Å². The normalized spacial score (nSPS) is 18.3. The van der Waals surface area contributed by atoms with Gasteiger partial charge in [0.05, 0.1) is 18.9 Å². The Morgan fingerprint density at radius 3 is 2.37 bits per heavy atom. The van der Waals surface area contributed by atoms with Gasteiger partial charge in [0.15, 0.2) is 5.82 Å². The number of morpholine rings is 1. The molecule has 2 heterocycles. The van der Waals surface area contributed by atoms with Crippen molar-refractivity contribution in [2.75, 3.05) is 31.2 Å². The molecule has 142 valence electrons. The number of hydrogen-bond donors (Lipinski definition) is 1. The standard InChI is InChI=1S/C21H26N4O2/c26-21(22-18-4-2-1-3-5-18)17-8-6-16(7-9-17)19-10-11-20(24-23-19)25-12-14-27-15-13-25/h6-11,18H,1-5,12-15H2,(H,22,26). The molecule has 1 saturated heterocycles. The van der Waals surface area contributed by atoms with Crippen LogP contribution in [0.5, 0.6) is 0 Å². The van der Waals surface area contributed by atoms with Gasteiger partial charge < -0.3 is 15.0 Å². The molecule has 27 heavy (non-hydrogen) atoms. The van der Waals surface area contributed by atoms with Gasteiger partial charge >= 0.3 is 0 Å². The fraction of sp³-hybridized carbons (Fsp3) is 0.476. The SMILES string of the molecule is O=C(NC1CCCCC1)c1ccc(-c2ccc(N3CCOCC3)nn2)cc1. The van der Waals surface area contributed by atoms with Crippen molar-refractivity contribution in [2.45, 2.75) is 38.1 Å². The third-order valence-corrected chi connectivity index (χ3v) is 5.37. The van der Waals surface area contributed by atoms with Crippen LogP contribution in [0.15, 0.2) is 36.4 Å². The molecule has 0 unspecified atom stereocenters. The van der Waals surface area contributed by atoms with Gasteiger partial charge in [0.2, 0.25) is 0 Å². The number of amides is 1. The molecule has 1 amide bonds. The minimum Gasteiger partial charge on any atom is -0.378 e. The molecule has 0 radical (unpaired) electrons. The molecule has 1 N–H and O–H groups in total. The topological polar surface area (TPSA) is 67.4 Å². The number of nitrogens with zero attached hydrogens (tertiary/aromatic N) is 3. The second kappa shape index (κ2) is 8.48. The van der Waals surface area contributed by atoms with E-state index >= 15 is 0 Å². The van der Waals surface area contributed by atoms with Gasteiger partial charge in [-0.25, -0.2) is 0 Å². The molecule has 0 bridgehead atoms. The quantitative estimate of drug-likeness (QED) is 0.901. The van der Waals surface area contributed by atoms with Gasteiger partial charge in [0.1, 0.15) is 0 Å². The van der Waals surface area contributed by atoms with Crippen molar-refractivity contribution in [1.29, 1.82) is 0 Å². The number of benzene rings is 1. The highest BCUT2D eigenvalue weighted by Gasteiger charge is 2.17. The first-order valence-electron chi connectivity index (χ1n) is 9.87. The molecule has 6 nitrogen and oxygen atoms in total. The van der Waals surface area contributed by atoms with Crippen LogP contribution in [-0.4, -0.2) is 48.4 Å². The van der Waals surface area contributed by atoms with Crippen molar-refractivity contribution in [1.82, 2.24) is 15.5 Å². The zero-order valence-corrected chi connectivity index (χ0v) is 15.6. The van der Waals surface area contributed by atoms with Gasteiger partial charge in [-0.1, -0.05) is 31.4 Å². The second-order valence-electron chi connectivity index (χ2n) is 7.26. The lowest BCUT2D eigenvalue weighted by Gasteiger charge is -2.27. The molecule has 2 aromatic rings. The first-order valence-corrected chi connectivity index (χ1v) is 9.87. The summed E-state index contributed by atoms with van der Waals surface area (Å²) < 4.78 is 5.37. The summed E-state index contributed by atoms with van der Waals surface area (Å²) in [6, 6.07) is 11.9. The molecule has 2 aliphatic rings. The Labute approximate surface area is 159 Å². The molecular weight excluding hydrogens is 340 g/mol. The summed E-state index contributed by atoms with van der Waals surface area (Å²) in [6.07, 6.45) is 5.89. The van der Waals surface area contributed by atoms with Crippen molar-refractivity contribution < 1.29 is 9.53 Å². The van der Waals surface area contributed by atoms with Gasteiger partial charge in [-0.15, -0.1) is 10.2 Å². The maximum Gasteiger partial charge on any atom is 0.251 e. The van der Waals surface area contributed by atoms with Crippen molar-refractivity contribution >= 4 is 11.7 Å². The largest absolute Gasteiger partial charge is 0.378 e. The maximum absolute atomic E-state index is 12.4. The molecular formula is C21H26N4O2. The number of rotatable bonds is 4. The van der Waals surface area contributed by atoms with Crippen molar-refractivity contribution in [2.24, 2.45) is 0 Å². The third-order valence-electron chi connectivity index (χ3n) is 5.37. The molecule has 1 aliphatic heterocycles. The van der Waals surface area contributed by atoms with E-state index in [9.17, 15) is 4.79 Å². The Bertz CT molecular complexity index is 749. The predicted molar refractivity (Wildman–Crippen MR) is 105 cm³/mol. The molecule has 2 fully saturated rings. The Hall–Kier alpha value is -2.47. The second-order valence-corrected chi connectivity index (χ2v) is 7.26. The van der Waals surface area contributed by atoms with Gasteiger partial charge in [-0.3, -0.25) is 4.79 Å². The van der Waals surface area contributed by atoms with Gasteiger partial charge in [-0.2, -0.15) is 0 Å². The van der Waals surface area contributed by atoms with Crippen LogP contribution >= 0.6 is 0 Å². The molecule has 0 atom stereocenters. The lowest BCUT2D eigenvalue weighted by atomic mass is 9.95. The number of hydrogen-bond acceptors (Lipinski definition) is 5. The number of aromatic nitrogens is 2. The van der Waals surface area contributed by atoms with Crippen molar-refractivity contribution in [3.8, 4) is 11.3 Å². The fourth-order valence-corrected chi connectivity index (χ4v) is 3.75. The van der Waals surface area contributed by atoms with E-state index in [1.807, 2.05) is 36.4 Å². The highest BCUT2D eigenvalue weighted by atomic mass is 16.5. The van der Waals surface area contributed by atoms with Crippen molar-refractivity contribution in [3.05, 3.63) is 42.0 Å². The first kappa shape index (κ1) is 17.9. The average Bonchev–Trinajstić information content (AvgIpc) is 2.75. The van der Waals surface area contributed by atoms with E-state index in [-0.39, 0.29) is 5.91 Å². The number of carbonyl (C=O) groups excluding carboxylic acids is 1. The maximum atomic E-state index is 12.4. The van der Waals surface area contributed by atoms with E-state index < -0.39 is 0 Å². The molecule has 1 aromatic heterocycles. The van der Waals surface area contributed by atoms with Gasteiger partial charge in [0, 0.05) is 30.3 Å². The van der Waals surface area contributed by atoms with E-state index in [0.717, 1.165) is 56.2 Å². The van der Waals surface area contributed by atoms with E-state index in [1.54, 1.807) is 0 Å². The molecule has 1 saturated carbocycles. The Balaban J connectivity index is 1.40. The Kier molecular flexibility index (Phi) is 5.63. The van der Waals surface area contributed by atoms with Gasteiger partial charge in [0.25, 0.3) is 5.91 Å². The number of anilines is 1. The van der Waals surface area contributed by atoms with Crippen LogP contribution in [0.1, 0.15) is 42.5 Å². The summed E-state index contributed by atoms with van der Waals surface area (Å²) in [5.74, 6) is 0.896. The van der Waals surface area contributed by atoms with Gasteiger partial charge in [-0.05, 0) is 37.1 Å². The summed E-state index contributed by atoms with van der Waals surface area (Å²) in [7, 11) is 0. The van der Waals surface area contributed by atoms with Crippen LogP contribution in [0.25, 0.3) is 11.3 Å². The summed E-state index contributed by atoms with van der Waals surface area (Å²) in [6.45, 7) is 3.15. The highest BCUT2D eigenvalue weighted by Crippen LogP contribution is 2.21. The molecule has 1 aromatic carbocycles. The smallest absolute Gasteiger partial charge is 0.251 e. The Morgan fingerprint density at radius 1 is 0.963 bits per heavy atom. The average molecular weight is 366 g/mol.